The first-order chi connectivity index (χ1) is 13.4. The summed E-state index contributed by atoms with van der Waals surface area (Å²) in [7, 11) is 0. The van der Waals surface area contributed by atoms with Gasteiger partial charge < -0.3 is 9.64 Å². The minimum absolute atomic E-state index is 0.0965. The molecule has 148 valence electrons. The van der Waals surface area contributed by atoms with E-state index < -0.39 is 11.7 Å². The Labute approximate surface area is 164 Å². The molecule has 1 aliphatic rings. The van der Waals surface area contributed by atoms with Crippen LogP contribution in [0.25, 0.3) is 0 Å². The SMILES string of the molecule is C=CC(=O)N1C[C@@H](OCc2ccc(C(F)(F)F)cc2)[C@H](Sc2ncccn2)C1. The van der Waals surface area contributed by atoms with Gasteiger partial charge in [-0.25, -0.2) is 9.97 Å². The molecule has 1 saturated heterocycles. The minimum atomic E-state index is -4.37. The summed E-state index contributed by atoms with van der Waals surface area (Å²) in [5, 5.41) is 0.476. The Morgan fingerprint density at radius 3 is 2.54 bits per heavy atom. The average Bonchev–Trinajstić information content (AvgIpc) is 3.09. The maximum Gasteiger partial charge on any atom is 0.416 e. The fourth-order valence-corrected chi connectivity index (χ4v) is 3.89. The van der Waals surface area contributed by atoms with Crippen LogP contribution in [0.5, 0.6) is 0 Å². The molecule has 1 aliphatic heterocycles. The van der Waals surface area contributed by atoms with E-state index >= 15 is 0 Å². The number of thioether (sulfide) groups is 1. The summed E-state index contributed by atoms with van der Waals surface area (Å²) in [6, 6.07) is 6.57. The third-order valence-electron chi connectivity index (χ3n) is 4.25. The first-order valence-electron chi connectivity index (χ1n) is 8.49. The number of alkyl halides is 3. The number of likely N-dealkylation sites (tertiary alicyclic amines) is 1. The number of aromatic nitrogens is 2. The smallest absolute Gasteiger partial charge is 0.370 e. The van der Waals surface area contributed by atoms with Crippen LogP contribution in [0.2, 0.25) is 0 Å². The van der Waals surface area contributed by atoms with Crippen molar-refractivity contribution >= 4 is 17.7 Å². The second-order valence-electron chi connectivity index (χ2n) is 6.18. The fourth-order valence-electron chi connectivity index (χ4n) is 2.80. The lowest BCUT2D eigenvalue weighted by Crippen LogP contribution is -2.28. The van der Waals surface area contributed by atoms with Gasteiger partial charge in [0.1, 0.15) is 0 Å². The van der Waals surface area contributed by atoms with Gasteiger partial charge in [0.15, 0.2) is 5.16 Å². The Morgan fingerprint density at radius 2 is 1.93 bits per heavy atom. The van der Waals surface area contributed by atoms with Crippen molar-refractivity contribution in [2.24, 2.45) is 0 Å². The molecular weight excluding hydrogens is 391 g/mol. The molecule has 0 spiro atoms. The largest absolute Gasteiger partial charge is 0.416 e. The Hall–Kier alpha value is -2.39. The number of rotatable bonds is 6. The minimum Gasteiger partial charge on any atom is -0.370 e. The van der Waals surface area contributed by atoms with E-state index in [0.29, 0.717) is 23.8 Å². The zero-order valence-electron chi connectivity index (χ0n) is 14.8. The van der Waals surface area contributed by atoms with Gasteiger partial charge in [0.25, 0.3) is 0 Å². The lowest BCUT2D eigenvalue weighted by atomic mass is 10.1. The van der Waals surface area contributed by atoms with Gasteiger partial charge in [0.2, 0.25) is 5.91 Å². The van der Waals surface area contributed by atoms with Crippen LogP contribution in [-0.2, 0) is 22.3 Å². The third-order valence-corrected chi connectivity index (χ3v) is 5.42. The molecule has 0 saturated carbocycles. The number of hydrogen-bond donors (Lipinski definition) is 0. The van der Waals surface area contributed by atoms with Gasteiger partial charge in [-0.1, -0.05) is 30.5 Å². The van der Waals surface area contributed by atoms with Crippen molar-refractivity contribution in [3.63, 3.8) is 0 Å². The van der Waals surface area contributed by atoms with Crippen molar-refractivity contribution in [1.82, 2.24) is 14.9 Å². The molecule has 0 unspecified atom stereocenters. The molecule has 1 aromatic carbocycles. The van der Waals surface area contributed by atoms with Crippen LogP contribution in [0.3, 0.4) is 0 Å². The summed E-state index contributed by atoms with van der Waals surface area (Å²) in [6.07, 6.45) is -0.156. The van der Waals surface area contributed by atoms with Crippen molar-refractivity contribution in [2.45, 2.75) is 29.3 Å². The van der Waals surface area contributed by atoms with Crippen molar-refractivity contribution in [1.29, 1.82) is 0 Å². The van der Waals surface area contributed by atoms with Gasteiger partial charge in [0, 0.05) is 25.5 Å². The average molecular weight is 409 g/mol. The van der Waals surface area contributed by atoms with Crippen LogP contribution >= 0.6 is 11.8 Å². The predicted octanol–water partition coefficient (Wildman–Crippen LogP) is 3.57. The molecule has 1 amide bonds. The number of amides is 1. The van der Waals surface area contributed by atoms with Gasteiger partial charge in [0.05, 0.1) is 23.5 Å². The summed E-state index contributed by atoms with van der Waals surface area (Å²) < 4.78 is 43.9. The van der Waals surface area contributed by atoms with Gasteiger partial charge in [-0.05, 0) is 29.8 Å². The second kappa shape index (κ2) is 8.74. The third kappa shape index (κ3) is 5.11. The topological polar surface area (TPSA) is 55.3 Å². The molecule has 2 atom stereocenters. The van der Waals surface area contributed by atoms with Crippen LogP contribution in [0.4, 0.5) is 13.2 Å². The van der Waals surface area contributed by atoms with Crippen molar-refractivity contribution in [2.75, 3.05) is 13.1 Å². The van der Waals surface area contributed by atoms with Gasteiger partial charge in [-0.3, -0.25) is 4.79 Å². The quantitative estimate of drug-likeness (QED) is 0.539. The highest BCUT2D eigenvalue weighted by Gasteiger charge is 2.36. The summed E-state index contributed by atoms with van der Waals surface area (Å²) in [4.78, 5) is 22.0. The van der Waals surface area contributed by atoms with Crippen LogP contribution in [0.1, 0.15) is 11.1 Å². The molecule has 2 heterocycles. The molecular formula is C19H18F3N3O2S. The maximum absolute atomic E-state index is 12.7. The lowest BCUT2D eigenvalue weighted by Gasteiger charge is -2.18. The summed E-state index contributed by atoms with van der Waals surface area (Å²) in [5.74, 6) is -0.194. The number of halogens is 3. The van der Waals surface area contributed by atoms with E-state index in [2.05, 4.69) is 16.5 Å². The number of carbonyl (C=O) groups is 1. The number of carbonyl (C=O) groups excluding carboxylic acids is 1. The van der Waals surface area contributed by atoms with Crippen LogP contribution in [0.15, 0.2) is 60.5 Å². The van der Waals surface area contributed by atoms with E-state index in [-0.39, 0.29) is 23.9 Å². The Balaban J connectivity index is 1.66. The molecule has 9 heteroatoms. The molecule has 0 bridgehead atoms. The van der Waals surface area contributed by atoms with E-state index in [1.54, 1.807) is 23.4 Å². The number of nitrogens with zero attached hydrogens (tertiary/aromatic N) is 3. The summed E-state index contributed by atoms with van der Waals surface area (Å²) in [6.45, 7) is 4.47. The molecule has 1 fully saturated rings. The highest BCUT2D eigenvalue weighted by Crippen LogP contribution is 2.31. The number of ether oxygens (including phenoxy) is 1. The van der Waals surface area contributed by atoms with Gasteiger partial charge >= 0.3 is 6.18 Å². The number of benzene rings is 1. The first-order valence-corrected chi connectivity index (χ1v) is 9.37. The lowest BCUT2D eigenvalue weighted by molar-refractivity contribution is -0.137. The van der Waals surface area contributed by atoms with E-state index in [1.165, 1.54) is 30.0 Å². The van der Waals surface area contributed by atoms with Crippen molar-refractivity contribution in [3.8, 4) is 0 Å². The zero-order valence-corrected chi connectivity index (χ0v) is 15.6. The van der Waals surface area contributed by atoms with E-state index in [9.17, 15) is 18.0 Å². The molecule has 28 heavy (non-hydrogen) atoms. The molecule has 0 radical (unpaired) electrons. The highest BCUT2D eigenvalue weighted by molar-refractivity contribution is 7.99. The molecule has 0 aliphatic carbocycles. The molecule has 2 aromatic rings. The number of hydrogen-bond acceptors (Lipinski definition) is 5. The van der Waals surface area contributed by atoms with Crippen molar-refractivity contribution in [3.05, 3.63) is 66.5 Å². The van der Waals surface area contributed by atoms with Gasteiger partial charge in [-0.2, -0.15) is 13.2 Å². The molecule has 5 nitrogen and oxygen atoms in total. The maximum atomic E-state index is 12.7. The summed E-state index contributed by atoms with van der Waals surface area (Å²) in [5.41, 5.74) is -0.0734. The highest BCUT2D eigenvalue weighted by atomic mass is 32.2. The summed E-state index contributed by atoms with van der Waals surface area (Å²) >= 11 is 1.41. The van der Waals surface area contributed by atoms with E-state index in [1.807, 2.05) is 0 Å². The second-order valence-corrected chi connectivity index (χ2v) is 7.39. The standard InChI is InChI=1S/C19H18F3N3O2S/c1-2-17(26)25-10-15(16(11-25)28-18-23-8-3-9-24-18)27-12-13-4-6-14(7-5-13)19(20,21)22/h2-9,15-16H,1,10-12H2/t15-,16-/m1/s1. The Kier molecular flexibility index (Phi) is 6.35. The van der Waals surface area contributed by atoms with Crippen molar-refractivity contribution < 1.29 is 22.7 Å². The van der Waals surface area contributed by atoms with Gasteiger partial charge in [-0.15, -0.1) is 0 Å². The fraction of sp³-hybridized carbons (Fsp3) is 0.316. The molecule has 0 N–H and O–H groups in total. The molecule has 1 aromatic heterocycles. The monoisotopic (exact) mass is 409 g/mol. The van der Waals surface area contributed by atoms with E-state index in [4.69, 9.17) is 4.74 Å². The van der Waals surface area contributed by atoms with E-state index in [0.717, 1.165) is 12.1 Å². The Bertz CT molecular complexity index is 815. The van der Waals surface area contributed by atoms with Crippen LogP contribution in [-0.4, -0.2) is 45.2 Å². The normalized spacial score (nSPS) is 19.6. The van der Waals surface area contributed by atoms with Crippen LogP contribution < -0.4 is 0 Å². The van der Waals surface area contributed by atoms with Crippen LogP contribution in [0, 0.1) is 0 Å². The molecule has 3 rings (SSSR count). The predicted molar refractivity (Wildman–Crippen MR) is 98.5 cm³/mol. The first kappa shape index (κ1) is 20.3. The Morgan fingerprint density at radius 1 is 1.25 bits per heavy atom. The zero-order chi connectivity index (χ0) is 20.1.